The van der Waals surface area contributed by atoms with E-state index >= 15 is 0 Å². The molecule has 0 fully saturated rings. The minimum Gasteiger partial charge on any atom is -0.507 e. The van der Waals surface area contributed by atoms with Crippen molar-refractivity contribution in [3.05, 3.63) is 40.3 Å². The van der Waals surface area contributed by atoms with E-state index in [0.29, 0.717) is 5.56 Å². The summed E-state index contributed by atoms with van der Waals surface area (Å²) in [7, 11) is 1.80. The van der Waals surface area contributed by atoms with Crippen molar-refractivity contribution in [2.75, 3.05) is 0 Å². The molecule has 6 nitrogen and oxygen atoms in total. The lowest BCUT2D eigenvalue weighted by atomic mass is 10.1. The van der Waals surface area contributed by atoms with Gasteiger partial charge in [0.15, 0.2) is 0 Å². The van der Waals surface area contributed by atoms with Crippen LogP contribution in [0.3, 0.4) is 0 Å². The van der Waals surface area contributed by atoms with Gasteiger partial charge in [0.2, 0.25) is 0 Å². The van der Waals surface area contributed by atoms with Crippen molar-refractivity contribution in [1.82, 2.24) is 9.55 Å². The Balaban J connectivity index is 2.58. The number of hydrogen-bond acceptors (Lipinski definition) is 4. The van der Waals surface area contributed by atoms with Crippen LogP contribution in [0.15, 0.2) is 24.5 Å². The number of rotatable bonds is 2. The van der Waals surface area contributed by atoms with Crippen LogP contribution in [-0.2, 0) is 7.05 Å². The lowest BCUT2D eigenvalue weighted by Gasteiger charge is -2.06. The van der Waals surface area contributed by atoms with Gasteiger partial charge in [-0.05, 0) is 13.0 Å². The highest BCUT2D eigenvalue weighted by Gasteiger charge is 2.15. The first-order chi connectivity index (χ1) is 8.00. The van der Waals surface area contributed by atoms with Crippen LogP contribution in [0.5, 0.6) is 5.75 Å². The maximum atomic E-state index is 10.6. The van der Waals surface area contributed by atoms with Gasteiger partial charge in [-0.15, -0.1) is 0 Å². The highest BCUT2D eigenvalue weighted by molar-refractivity contribution is 5.70. The van der Waals surface area contributed by atoms with E-state index in [1.54, 1.807) is 17.9 Å². The summed E-state index contributed by atoms with van der Waals surface area (Å²) in [6, 6.07) is 4.03. The number of non-ortho nitro benzene ring substituents is 1. The lowest BCUT2D eigenvalue weighted by Crippen LogP contribution is -1.93. The molecule has 0 aliphatic carbocycles. The quantitative estimate of drug-likeness (QED) is 0.635. The van der Waals surface area contributed by atoms with Crippen LogP contribution in [0.25, 0.3) is 11.3 Å². The maximum Gasteiger partial charge on any atom is 0.273 e. The number of benzene rings is 1. The molecule has 0 saturated heterocycles. The fourth-order valence-electron chi connectivity index (χ4n) is 1.77. The van der Waals surface area contributed by atoms with Gasteiger partial charge in [-0.3, -0.25) is 10.1 Å². The monoisotopic (exact) mass is 233 g/mol. The third-order valence-corrected chi connectivity index (χ3v) is 2.57. The van der Waals surface area contributed by atoms with Crippen LogP contribution in [0, 0.1) is 17.0 Å². The molecule has 17 heavy (non-hydrogen) atoms. The van der Waals surface area contributed by atoms with E-state index < -0.39 is 4.92 Å². The summed E-state index contributed by atoms with van der Waals surface area (Å²) in [5.74, 6) is -0.120. The maximum absolute atomic E-state index is 10.6. The molecule has 1 aromatic heterocycles. The highest BCUT2D eigenvalue weighted by Crippen LogP contribution is 2.33. The normalized spacial score (nSPS) is 10.5. The number of hydrogen-bond donors (Lipinski definition) is 1. The van der Waals surface area contributed by atoms with Crippen molar-refractivity contribution in [1.29, 1.82) is 0 Å². The zero-order valence-electron chi connectivity index (χ0n) is 9.41. The molecule has 6 heteroatoms. The summed E-state index contributed by atoms with van der Waals surface area (Å²) in [6.07, 6.45) is 1.63. The molecule has 0 atom stereocenters. The molecule has 1 heterocycles. The first-order valence-electron chi connectivity index (χ1n) is 4.96. The highest BCUT2D eigenvalue weighted by atomic mass is 16.6. The van der Waals surface area contributed by atoms with Crippen LogP contribution in [0.1, 0.15) is 5.69 Å². The molecule has 1 aromatic carbocycles. The molecule has 0 amide bonds. The molecule has 0 saturated carbocycles. The van der Waals surface area contributed by atoms with Crippen LogP contribution >= 0.6 is 0 Å². The van der Waals surface area contributed by atoms with Crippen LogP contribution in [0.4, 0.5) is 5.69 Å². The van der Waals surface area contributed by atoms with E-state index in [-0.39, 0.29) is 11.4 Å². The van der Waals surface area contributed by atoms with E-state index in [1.807, 2.05) is 6.92 Å². The fourth-order valence-corrected chi connectivity index (χ4v) is 1.77. The summed E-state index contributed by atoms with van der Waals surface area (Å²) in [5.41, 5.74) is 1.91. The molecule has 0 aliphatic heterocycles. The van der Waals surface area contributed by atoms with Crippen molar-refractivity contribution in [3.63, 3.8) is 0 Å². The van der Waals surface area contributed by atoms with Gasteiger partial charge in [-0.2, -0.15) is 0 Å². The molecule has 1 N–H and O–H groups in total. The minimum absolute atomic E-state index is 0.120. The lowest BCUT2D eigenvalue weighted by molar-refractivity contribution is -0.384. The van der Waals surface area contributed by atoms with Crippen molar-refractivity contribution in [2.45, 2.75) is 6.92 Å². The summed E-state index contributed by atoms with van der Waals surface area (Å²) in [6.45, 7) is 1.82. The minimum atomic E-state index is -0.542. The Morgan fingerprint density at radius 2 is 2.18 bits per heavy atom. The molecule has 88 valence electrons. The Morgan fingerprint density at radius 1 is 1.47 bits per heavy atom. The zero-order chi connectivity index (χ0) is 12.6. The Bertz CT molecular complexity index is 570. The number of nitro benzene ring substituents is 1. The average Bonchev–Trinajstić information content (AvgIpc) is 2.59. The van der Waals surface area contributed by atoms with E-state index in [0.717, 1.165) is 17.5 Å². The number of nitro groups is 1. The SMILES string of the molecule is Cc1ncn(C)c1-c1ccc([N+](=O)[O-])cc1O. The Labute approximate surface area is 97.3 Å². The van der Waals surface area contributed by atoms with Gasteiger partial charge in [-0.25, -0.2) is 4.98 Å². The second-order valence-electron chi connectivity index (χ2n) is 3.75. The van der Waals surface area contributed by atoms with E-state index in [2.05, 4.69) is 4.98 Å². The van der Waals surface area contributed by atoms with Gasteiger partial charge < -0.3 is 9.67 Å². The number of aromatic hydroxyl groups is 1. The molecule has 0 unspecified atom stereocenters. The third-order valence-electron chi connectivity index (χ3n) is 2.57. The van der Waals surface area contributed by atoms with Gasteiger partial charge >= 0.3 is 0 Å². The molecular weight excluding hydrogens is 222 g/mol. The number of phenolic OH excluding ortho intramolecular Hbond substituents is 1. The van der Waals surface area contributed by atoms with Gasteiger partial charge in [0.05, 0.1) is 28.7 Å². The Kier molecular flexibility index (Phi) is 2.55. The first-order valence-corrected chi connectivity index (χ1v) is 4.96. The number of aryl methyl sites for hydroxylation is 2. The second-order valence-corrected chi connectivity index (χ2v) is 3.75. The van der Waals surface area contributed by atoms with E-state index in [4.69, 9.17) is 0 Å². The summed E-state index contributed by atoms with van der Waals surface area (Å²) in [5, 5.41) is 20.4. The standard InChI is InChI=1S/C11H11N3O3/c1-7-11(13(2)6-12-7)9-4-3-8(14(16)17)5-10(9)15/h3-6,15H,1-2H3. The topological polar surface area (TPSA) is 81.2 Å². The van der Waals surface area contributed by atoms with E-state index in [1.165, 1.54) is 12.1 Å². The van der Waals surface area contributed by atoms with Gasteiger partial charge in [0, 0.05) is 18.7 Å². The predicted molar refractivity (Wildman–Crippen MR) is 61.7 cm³/mol. The molecule has 2 aromatic rings. The molecule has 0 bridgehead atoms. The molecule has 2 rings (SSSR count). The number of phenols is 1. The summed E-state index contributed by atoms with van der Waals surface area (Å²) in [4.78, 5) is 14.1. The van der Waals surface area contributed by atoms with Crippen molar-refractivity contribution in [3.8, 4) is 17.0 Å². The Morgan fingerprint density at radius 3 is 2.65 bits per heavy atom. The van der Waals surface area contributed by atoms with Gasteiger partial charge in [0.25, 0.3) is 5.69 Å². The molecular formula is C11H11N3O3. The van der Waals surface area contributed by atoms with Crippen molar-refractivity contribution in [2.24, 2.45) is 7.05 Å². The molecule has 0 spiro atoms. The van der Waals surface area contributed by atoms with Crippen LogP contribution in [-0.4, -0.2) is 19.6 Å². The van der Waals surface area contributed by atoms with Crippen LogP contribution < -0.4 is 0 Å². The average molecular weight is 233 g/mol. The largest absolute Gasteiger partial charge is 0.507 e. The Hall–Kier alpha value is -2.37. The smallest absolute Gasteiger partial charge is 0.273 e. The fraction of sp³-hybridized carbons (Fsp3) is 0.182. The molecule has 0 aliphatic rings. The van der Waals surface area contributed by atoms with Gasteiger partial charge in [-0.1, -0.05) is 0 Å². The first kappa shape index (κ1) is 11.1. The van der Waals surface area contributed by atoms with E-state index in [9.17, 15) is 15.2 Å². The number of imidazole rings is 1. The number of nitrogens with zero attached hydrogens (tertiary/aromatic N) is 3. The summed E-state index contributed by atoms with van der Waals surface area (Å²) >= 11 is 0. The molecule has 0 radical (unpaired) electrons. The summed E-state index contributed by atoms with van der Waals surface area (Å²) < 4.78 is 1.76. The van der Waals surface area contributed by atoms with Gasteiger partial charge in [0.1, 0.15) is 5.75 Å². The third kappa shape index (κ3) is 1.84. The van der Waals surface area contributed by atoms with Crippen LogP contribution in [0.2, 0.25) is 0 Å². The second kappa shape index (κ2) is 3.89. The van der Waals surface area contributed by atoms with Crippen molar-refractivity contribution < 1.29 is 10.0 Å². The zero-order valence-corrected chi connectivity index (χ0v) is 9.41. The van der Waals surface area contributed by atoms with Crippen molar-refractivity contribution >= 4 is 5.69 Å². The predicted octanol–water partition coefficient (Wildman–Crippen LogP) is 2.01. The number of aromatic nitrogens is 2.